The Morgan fingerprint density at radius 1 is 1.00 bits per heavy atom. The van der Waals surface area contributed by atoms with E-state index in [2.05, 4.69) is 78.4 Å². The Kier molecular flexibility index (Phi) is 7.36. The minimum absolute atomic E-state index is 0.0417. The molecule has 6 aliphatic rings. The fourth-order valence-corrected chi connectivity index (χ4v) is 7.78. The lowest BCUT2D eigenvalue weighted by molar-refractivity contribution is -0.172. The number of carbonyl (C=O) groups is 2. The summed E-state index contributed by atoms with van der Waals surface area (Å²) in [5.41, 5.74) is 2.28. The third kappa shape index (κ3) is 5.13. The molecule has 12 nitrogen and oxygen atoms in total. The Morgan fingerprint density at radius 3 is 2.81 bits per heavy atom. The van der Waals surface area contributed by atoms with E-state index in [1.54, 1.807) is 0 Å². The molecular weight excluding hydrogens is 546 g/mol. The van der Waals surface area contributed by atoms with E-state index in [0.717, 1.165) is 44.6 Å². The minimum Gasteiger partial charge on any atom is -0.358 e. The van der Waals surface area contributed by atoms with Crippen molar-refractivity contribution in [3.63, 3.8) is 0 Å². The predicted molar refractivity (Wildman–Crippen MR) is 162 cm³/mol. The van der Waals surface area contributed by atoms with E-state index in [0.29, 0.717) is 19.6 Å². The van der Waals surface area contributed by atoms with Crippen molar-refractivity contribution in [3.05, 3.63) is 42.6 Å². The van der Waals surface area contributed by atoms with Crippen molar-refractivity contribution in [2.75, 3.05) is 57.7 Å². The van der Waals surface area contributed by atoms with Gasteiger partial charge in [-0.05, 0) is 63.0 Å². The van der Waals surface area contributed by atoms with Crippen LogP contribution < -0.4 is 21.3 Å². The third-order valence-electron chi connectivity index (χ3n) is 10.2. The number of carbonyl (C=O) groups excluding carboxylic acids is 2. The molecule has 8 rings (SSSR count). The van der Waals surface area contributed by atoms with Crippen LogP contribution in [0.15, 0.2) is 42.6 Å². The molecule has 6 aliphatic heterocycles. The summed E-state index contributed by atoms with van der Waals surface area (Å²) in [6.45, 7) is 7.25. The molecule has 1 aromatic carbocycles. The molecule has 5 saturated heterocycles. The quantitative estimate of drug-likeness (QED) is 0.371. The second-order valence-corrected chi connectivity index (χ2v) is 12.8. The number of hydrogen-bond acceptors (Lipinski definition) is 9. The first-order chi connectivity index (χ1) is 21.1. The van der Waals surface area contributed by atoms with Gasteiger partial charge in [-0.3, -0.25) is 30.5 Å². The van der Waals surface area contributed by atoms with Gasteiger partial charge in [0.25, 0.3) is 0 Å². The number of nitrogens with one attached hydrogen (secondary N) is 4. The molecule has 230 valence electrons. The molecule has 0 aliphatic carbocycles. The van der Waals surface area contributed by atoms with Gasteiger partial charge in [0.15, 0.2) is 0 Å². The second kappa shape index (κ2) is 11.5. The van der Waals surface area contributed by atoms with Crippen LogP contribution in [-0.4, -0.2) is 119 Å². The molecule has 6 atom stereocenters. The van der Waals surface area contributed by atoms with E-state index >= 15 is 0 Å². The summed E-state index contributed by atoms with van der Waals surface area (Å²) in [6.07, 6.45) is 9.80. The number of benzene rings is 1. The molecule has 1 aromatic heterocycles. The van der Waals surface area contributed by atoms with Gasteiger partial charge in [-0.25, -0.2) is 0 Å². The summed E-state index contributed by atoms with van der Waals surface area (Å²) in [4.78, 5) is 31.1. The average Bonchev–Trinajstić information content (AvgIpc) is 3.51. The fraction of sp³-hybridized carbons (Fsp3) is 0.613. The van der Waals surface area contributed by atoms with Crippen molar-refractivity contribution in [1.82, 2.24) is 40.3 Å². The molecule has 7 heterocycles. The van der Waals surface area contributed by atoms with E-state index in [1.807, 2.05) is 9.91 Å². The molecule has 2 amide bonds. The number of ether oxygens (including phenoxy) is 1. The van der Waals surface area contributed by atoms with Gasteiger partial charge in [0.1, 0.15) is 19.1 Å². The first-order valence-corrected chi connectivity index (χ1v) is 16.1. The number of anilines is 1. The molecule has 0 radical (unpaired) electrons. The zero-order valence-electron chi connectivity index (χ0n) is 24.7. The third-order valence-corrected chi connectivity index (χ3v) is 10.2. The van der Waals surface area contributed by atoms with Crippen LogP contribution in [0.1, 0.15) is 25.7 Å². The summed E-state index contributed by atoms with van der Waals surface area (Å²) >= 11 is 0. The molecule has 2 aromatic rings. The highest BCUT2D eigenvalue weighted by Crippen LogP contribution is 2.34. The number of amides is 2. The van der Waals surface area contributed by atoms with Crippen molar-refractivity contribution < 1.29 is 14.3 Å². The molecule has 12 heteroatoms. The van der Waals surface area contributed by atoms with Crippen LogP contribution in [0.25, 0.3) is 10.9 Å². The van der Waals surface area contributed by atoms with Crippen molar-refractivity contribution in [2.24, 2.45) is 5.92 Å². The number of piperidine rings is 1. The van der Waals surface area contributed by atoms with Crippen LogP contribution >= 0.6 is 0 Å². The van der Waals surface area contributed by atoms with Gasteiger partial charge in [0.05, 0.1) is 24.7 Å². The molecule has 2 bridgehead atoms. The van der Waals surface area contributed by atoms with Gasteiger partial charge in [-0.2, -0.15) is 5.01 Å². The van der Waals surface area contributed by atoms with Crippen molar-refractivity contribution in [2.45, 2.75) is 63.0 Å². The van der Waals surface area contributed by atoms with Crippen LogP contribution in [-0.2, 0) is 20.9 Å². The SMILES string of the molecule is O=C1COC2NCC3CC2N1CCC/C=C\CN1C(=O)C2CNC(Nc4ccc5c(ccn5CCN5CCC5)c4)NC2N31. The Bertz CT molecular complexity index is 1390. The molecule has 0 saturated carbocycles. The lowest BCUT2D eigenvalue weighted by atomic mass is 9.95. The van der Waals surface area contributed by atoms with Gasteiger partial charge >= 0.3 is 0 Å². The Morgan fingerprint density at radius 2 is 1.93 bits per heavy atom. The van der Waals surface area contributed by atoms with Crippen LogP contribution in [0, 0.1) is 5.92 Å². The molecule has 43 heavy (non-hydrogen) atoms. The molecule has 4 N–H and O–H groups in total. The van der Waals surface area contributed by atoms with Crippen molar-refractivity contribution in [1.29, 1.82) is 0 Å². The van der Waals surface area contributed by atoms with Crippen LogP contribution in [0.5, 0.6) is 0 Å². The Labute approximate surface area is 252 Å². The van der Waals surface area contributed by atoms with Gasteiger partial charge in [-0.15, -0.1) is 0 Å². The summed E-state index contributed by atoms with van der Waals surface area (Å²) in [7, 11) is 0. The summed E-state index contributed by atoms with van der Waals surface area (Å²) < 4.78 is 8.25. The zero-order chi connectivity index (χ0) is 28.9. The van der Waals surface area contributed by atoms with E-state index in [-0.39, 0.29) is 55.1 Å². The highest BCUT2D eigenvalue weighted by Gasteiger charge is 2.53. The van der Waals surface area contributed by atoms with E-state index < -0.39 is 0 Å². The minimum atomic E-state index is -0.197. The summed E-state index contributed by atoms with van der Waals surface area (Å²) in [6, 6.07) is 8.75. The standard InChI is InChI=1S/C31H43N9O3/c41-27-20-43-29-26-17-23(18-32-29)40-28-24(30(42)39(40)12-4-2-1-3-11-38(26)27)19-33-31(35-28)34-22-6-7-25-21(16-22)8-13-37(25)15-14-36-9-5-10-36/h2,4,6-8,13,16,23-24,26,28-29,31-35H,1,3,5,9-12,14-15,17-20H2/b4-2-. The average molecular weight is 590 g/mol. The Balaban J connectivity index is 1.00. The number of hydrazine groups is 1. The Hall–Kier alpha value is -3.00. The number of rotatable bonds is 5. The maximum absolute atomic E-state index is 13.8. The molecule has 5 fully saturated rings. The van der Waals surface area contributed by atoms with E-state index in [9.17, 15) is 9.59 Å². The normalized spacial score (nSPS) is 34.2. The summed E-state index contributed by atoms with van der Waals surface area (Å²) in [5.74, 6) is 0.00309. The second-order valence-electron chi connectivity index (χ2n) is 12.8. The van der Waals surface area contributed by atoms with Gasteiger partial charge in [0.2, 0.25) is 11.8 Å². The summed E-state index contributed by atoms with van der Waals surface area (Å²) in [5, 5.41) is 19.9. The van der Waals surface area contributed by atoms with Crippen molar-refractivity contribution >= 4 is 28.4 Å². The zero-order valence-corrected chi connectivity index (χ0v) is 24.7. The monoisotopic (exact) mass is 589 g/mol. The van der Waals surface area contributed by atoms with Crippen LogP contribution in [0.4, 0.5) is 5.69 Å². The maximum Gasteiger partial charge on any atom is 0.249 e. The lowest BCUT2D eigenvalue weighted by Gasteiger charge is -2.50. The number of aromatic nitrogens is 1. The highest BCUT2D eigenvalue weighted by atomic mass is 16.5. The molecule has 6 unspecified atom stereocenters. The topological polar surface area (TPSA) is 109 Å². The number of morpholine rings is 1. The van der Waals surface area contributed by atoms with Crippen LogP contribution in [0.3, 0.4) is 0 Å². The first-order valence-electron chi connectivity index (χ1n) is 16.1. The highest BCUT2D eigenvalue weighted by molar-refractivity contribution is 5.84. The van der Waals surface area contributed by atoms with Gasteiger partial charge < -0.3 is 24.4 Å². The number of fused-ring (bicyclic) bond motifs is 6. The van der Waals surface area contributed by atoms with Crippen LogP contribution in [0.2, 0.25) is 0 Å². The maximum atomic E-state index is 13.8. The molecule has 0 spiro atoms. The molecular formula is C31H43N9O3. The van der Waals surface area contributed by atoms with Gasteiger partial charge in [0, 0.05) is 61.6 Å². The number of likely N-dealkylation sites (tertiary alicyclic amines) is 1. The smallest absolute Gasteiger partial charge is 0.249 e. The number of allylic oxidation sites excluding steroid dienone is 1. The number of nitrogens with zero attached hydrogens (tertiary/aromatic N) is 5. The fourth-order valence-electron chi connectivity index (χ4n) is 7.78. The predicted octanol–water partition coefficient (Wildman–Crippen LogP) is 0.502. The van der Waals surface area contributed by atoms with E-state index in [1.165, 1.54) is 30.4 Å². The van der Waals surface area contributed by atoms with Crippen molar-refractivity contribution in [3.8, 4) is 0 Å². The largest absolute Gasteiger partial charge is 0.358 e. The van der Waals surface area contributed by atoms with Gasteiger partial charge in [-0.1, -0.05) is 12.2 Å². The number of hydrogen-bond donors (Lipinski definition) is 4. The van der Waals surface area contributed by atoms with E-state index in [4.69, 9.17) is 4.74 Å². The lowest BCUT2D eigenvalue weighted by Crippen LogP contribution is -2.70. The first kappa shape index (κ1) is 27.5.